The van der Waals surface area contributed by atoms with Gasteiger partial charge in [0, 0.05) is 5.69 Å². The number of hydrogen-bond donors (Lipinski definition) is 1. The Morgan fingerprint density at radius 2 is 2.12 bits per heavy atom. The molecule has 0 bridgehead atoms. The predicted octanol–water partition coefficient (Wildman–Crippen LogP) is 2.70. The van der Waals surface area contributed by atoms with Crippen LogP contribution in [0.2, 0.25) is 0 Å². The van der Waals surface area contributed by atoms with Crippen molar-refractivity contribution >= 4 is 11.7 Å². The Bertz CT molecular complexity index is 372. The molecular formula is C13H19NO2. The molecule has 88 valence electrons. The quantitative estimate of drug-likeness (QED) is 0.794. The van der Waals surface area contributed by atoms with Gasteiger partial charge in [0.15, 0.2) is 0 Å². The molecule has 0 atom stereocenters. The van der Waals surface area contributed by atoms with Crippen LogP contribution in [0.3, 0.4) is 0 Å². The van der Waals surface area contributed by atoms with Gasteiger partial charge < -0.3 is 10.1 Å². The van der Waals surface area contributed by atoms with Gasteiger partial charge in [-0.2, -0.15) is 0 Å². The monoisotopic (exact) mass is 221 g/mol. The highest BCUT2D eigenvalue weighted by atomic mass is 16.5. The van der Waals surface area contributed by atoms with Crippen LogP contribution in [0.5, 0.6) is 0 Å². The molecule has 0 aliphatic heterocycles. The molecule has 0 radical (unpaired) electrons. The van der Waals surface area contributed by atoms with E-state index in [1.165, 1.54) is 12.7 Å². The van der Waals surface area contributed by atoms with E-state index in [-0.39, 0.29) is 12.5 Å². The number of nitrogens with one attached hydrogen (secondary N) is 1. The third-order valence-electron chi connectivity index (χ3n) is 2.58. The maximum absolute atomic E-state index is 11.0. The van der Waals surface area contributed by atoms with Crippen LogP contribution in [-0.2, 0) is 9.53 Å². The fraction of sp³-hybridized carbons (Fsp3) is 0.462. The molecule has 0 fully saturated rings. The Labute approximate surface area is 96.8 Å². The molecule has 0 aliphatic rings. The molecule has 3 heteroatoms. The van der Waals surface area contributed by atoms with E-state index in [2.05, 4.69) is 42.1 Å². The highest BCUT2D eigenvalue weighted by Gasteiger charge is 2.05. The van der Waals surface area contributed by atoms with Gasteiger partial charge in [0.1, 0.15) is 6.54 Å². The first-order valence-electron chi connectivity index (χ1n) is 5.46. The number of anilines is 1. The van der Waals surface area contributed by atoms with E-state index >= 15 is 0 Å². The lowest BCUT2D eigenvalue weighted by molar-refractivity contribution is -0.138. The lowest BCUT2D eigenvalue weighted by Crippen LogP contribution is -2.15. The maximum Gasteiger partial charge on any atom is 0.325 e. The number of hydrogen-bond acceptors (Lipinski definition) is 3. The standard InChI is InChI=1S/C13H19NO2/c1-9(2)11-6-5-10(3)12(7-11)14-8-13(15)16-4/h5-7,9,14H,8H2,1-4H3. The van der Waals surface area contributed by atoms with Gasteiger partial charge >= 0.3 is 5.97 Å². The second-order valence-electron chi connectivity index (χ2n) is 4.16. The van der Waals surface area contributed by atoms with E-state index in [4.69, 9.17) is 0 Å². The van der Waals surface area contributed by atoms with Crippen LogP contribution < -0.4 is 5.32 Å². The van der Waals surface area contributed by atoms with Gasteiger partial charge in [0.05, 0.1) is 7.11 Å². The molecule has 0 aromatic heterocycles. The van der Waals surface area contributed by atoms with Crippen molar-refractivity contribution in [2.75, 3.05) is 19.0 Å². The summed E-state index contributed by atoms with van der Waals surface area (Å²) in [5, 5.41) is 3.08. The van der Waals surface area contributed by atoms with Gasteiger partial charge in [-0.3, -0.25) is 4.79 Å². The Kier molecular flexibility index (Phi) is 4.35. The number of esters is 1. The van der Waals surface area contributed by atoms with Crippen LogP contribution in [0, 0.1) is 6.92 Å². The van der Waals surface area contributed by atoms with Crippen LogP contribution in [0.25, 0.3) is 0 Å². The zero-order valence-corrected chi connectivity index (χ0v) is 10.3. The molecule has 0 saturated heterocycles. The molecule has 1 N–H and O–H groups in total. The van der Waals surface area contributed by atoms with Crippen molar-refractivity contribution in [3.05, 3.63) is 29.3 Å². The minimum Gasteiger partial charge on any atom is -0.468 e. The minimum atomic E-state index is -0.255. The molecule has 1 aromatic rings. The molecule has 1 aromatic carbocycles. The third kappa shape index (κ3) is 3.26. The van der Waals surface area contributed by atoms with Crippen molar-refractivity contribution in [1.29, 1.82) is 0 Å². The summed E-state index contributed by atoms with van der Waals surface area (Å²) in [5.74, 6) is 0.230. The Morgan fingerprint density at radius 1 is 1.44 bits per heavy atom. The van der Waals surface area contributed by atoms with Crippen molar-refractivity contribution in [1.82, 2.24) is 0 Å². The summed E-state index contributed by atoms with van der Waals surface area (Å²) >= 11 is 0. The number of ether oxygens (including phenoxy) is 1. The predicted molar refractivity (Wildman–Crippen MR) is 65.8 cm³/mol. The molecule has 0 saturated carbocycles. The number of carbonyl (C=O) groups is 1. The molecule has 0 heterocycles. The van der Waals surface area contributed by atoms with Gasteiger partial charge in [-0.05, 0) is 30.0 Å². The van der Waals surface area contributed by atoms with Gasteiger partial charge in [0.2, 0.25) is 0 Å². The third-order valence-corrected chi connectivity index (χ3v) is 2.58. The SMILES string of the molecule is COC(=O)CNc1cc(C(C)C)ccc1C. The average molecular weight is 221 g/mol. The number of benzene rings is 1. The van der Waals surface area contributed by atoms with Gasteiger partial charge in [0.25, 0.3) is 0 Å². The smallest absolute Gasteiger partial charge is 0.325 e. The van der Waals surface area contributed by atoms with Crippen molar-refractivity contribution in [3.63, 3.8) is 0 Å². The van der Waals surface area contributed by atoms with E-state index in [9.17, 15) is 4.79 Å². The summed E-state index contributed by atoms with van der Waals surface area (Å²) in [6.07, 6.45) is 0. The molecule has 16 heavy (non-hydrogen) atoms. The van der Waals surface area contributed by atoms with E-state index in [1.807, 2.05) is 6.92 Å². The number of carbonyl (C=O) groups excluding carboxylic acids is 1. The molecule has 0 spiro atoms. The zero-order valence-electron chi connectivity index (χ0n) is 10.3. The van der Waals surface area contributed by atoms with Gasteiger partial charge in [-0.1, -0.05) is 26.0 Å². The van der Waals surface area contributed by atoms with Crippen LogP contribution in [0.1, 0.15) is 30.9 Å². The van der Waals surface area contributed by atoms with E-state index < -0.39 is 0 Å². The van der Waals surface area contributed by atoms with Crippen molar-refractivity contribution < 1.29 is 9.53 Å². The van der Waals surface area contributed by atoms with Crippen LogP contribution >= 0.6 is 0 Å². The zero-order chi connectivity index (χ0) is 12.1. The summed E-state index contributed by atoms with van der Waals surface area (Å²) in [6, 6.07) is 6.27. The van der Waals surface area contributed by atoms with Crippen molar-refractivity contribution in [3.8, 4) is 0 Å². The minimum absolute atomic E-state index is 0.207. The Hall–Kier alpha value is -1.51. The normalized spacial score (nSPS) is 10.3. The number of rotatable bonds is 4. The van der Waals surface area contributed by atoms with E-state index in [1.54, 1.807) is 0 Å². The van der Waals surface area contributed by atoms with Gasteiger partial charge in [-0.15, -0.1) is 0 Å². The molecule has 0 amide bonds. The van der Waals surface area contributed by atoms with E-state index in [0.717, 1.165) is 11.3 Å². The molecule has 3 nitrogen and oxygen atoms in total. The lowest BCUT2D eigenvalue weighted by Gasteiger charge is -2.12. The molecular weight excluding hydrogens is 202 g/mol. The maximum atomic E-state index is 11.0. The summed E-state index contributed by atoms with van der Waals surface area (Å²) in [4.78, 5) is 11.0. The van der Waals surface area contributed by atoms with Crippen LogP contribution in [0.4, 0.5) is 5.69 Å². The highest BCUT2D eigenvalue weighted by Crippen LogP contribution is 2.22. The van der Waals surface area contributed by atoms with Crippen molar-refractivity contribution in [2.24, 2.45) is 0 Å². The second kappa shape index (κ2) is 5.54. The summed E-state index contributed by atoms with van der Waals surface area (Å²) in [7, 11) is 1.39. The Balaban J connectivity index is 2.78. The molecule has 0 aliphatic carbocycles. The Morgan fingerprint density at radius 3 is 2.69 bits per heavy atom. The topological polar surface area (TPSA) is 38.3 Å². The number of methoxy groups -OCH3 is 1. The highest BCUT2D eigenvalue weighted by molar-refractivity contribution is 5.75. The summed E-state index contributed by atoms with van der Waals surface area (Å²) in [5.41, 5.74) is 3.39. The first kappa shape index (κ1) is 12.6. The fourth-order valence-electron chi connectivity index (χ4n) is 1.43. The summed E-state index contributed by atoms with van der Waals surface area (Å²) in [6.45, 7) is 6.52. The first-order chi connectivity index (χ1) is 7.54. The van der Waals surface area contributed by atoms with Crippen LogP contribution in [-0.4, -0.2) is 19.6 Å². The second-order valence-corrected chi connectivity index (χ2v) is 4.16. The molecule has 0 unspecified atom stereocenters. The first-order valence-corrected chi connectivity index (χ1v) is 5.46. The average Bonchev–Trinajstić information content (AvgIpc) is 2.27. The van der Waals surface area contributed by atoms with Crippen LogP contribution in [0.15, 0.2) is 18.2 Å². The van der Waals surface area contributed by atoms with E-state index in [0.29, 0.717) is 5.92 Å². The molecule has 1 rings (SSSR count). The lowest BCUT2D eigenvalue weighted by atomic mass is 10.0. The van der Waals surface area contributed by atoms with Gasteiger partial charge in [-0.25, -0.2) is 0 Å². The van der Waals surface area contributed by atoms with Crippen molar-refractivity contribution in [2.45, 2.75) is 26.7 Å². The largest absolute Gasteiger partial charge is 0.468 e. The fourth-order valence-corrected chi connectivity index (χ4v) is 1.43. The summed E-state index contributed by atoms with van der Waals surface area (Å²) < 4.78 is 4.59. The number of aryl methyl sites for hydroxylation is 1.